The summed E-state index contributed by atoms with van der Waals surface area (Å²) in [5, 5.41) is 10.2. The average molecular weight is 488 g/mol. The van der Waals surface area contributed by atoms with E-state index < -0.39 is 0 Å². The van der Waals surface area contributed by atoms with E-state index in [1.165, 1.54) is 11.1 Å². The Morgan fingerprint density at radius 1 is 1.23 bits per heavy atom. The third kappa shape index (κ3) is 5.84. The maximum Gasteiger partial charge on any atom is 0.191 e. The number of thiophene rings is 1. The standard InChI is InChI=1S/C19H25FN4S.HI/c1-2-21-19(22-14-15-6-3-4-7-17(15)20)23-16-9-11-24(12-10-16)18-8-5-13-25-18;/h3-8,13,16H,2,9-12,14H2,1H3,(H2,21,22,23);1H. The summed E-state index contributed by atoms with van der Waals surface area (Å²) in [6.45, 7) is 5.27. The lowest BCUT2D eigenvalue weighted by Gasteiger charge is -2.33. The van der Waals surface area contributed by atoms with Crippen molar-refractivity contribution < 1.29 is 4.39 Å². The fraction of sp³-hybridized carbons (Fsp3) is 0.421. The van der Waals surface area contributed by atoms with Crippen LogP contribution in [0.15, 0.2) is 46.8 Å². The number of guanidine groups is 1. The minimum absolute atomic E-state index is 0. The van der Waals surface area contributed by atoms with E-state index in [4.69, 9.17) is 0 Å². The van der Waals surface area contributed by atoms with Gasteiger partial charge in [-0.1, -0.05) is 18.2 Å². The molecule has 1 saturated heterocycles. The highest BCUT2D eigenvalue weighted by atomic mass is 127. The van der Waals surface area contributed by atoms with Gasteiger partial charge in [0, 0.05) is 31.2 Å². The van der Waals surface area contributed by atoms with Crippen LogP contribution in [0.5, 0.6) is 0 Å². The number of piperidine rings is 1. The molecule has 0 bridgehead atoms. The van der Waals surface area contributed by atoms with E-state index in [2.05, 4.69) is 38.0 Å². The van der Waals surface area contributed by atoms with Crippen LogP contribution in [-0.2, 0) is 6.54 Å². The molecule has 0 spiro atoms. The van der Waals surface area contributed by atoms with Gasteiger partial charge in [0.1, 0.15) is 5.82 Å². The summed E-state index contributed by atoms with van der Waals surface area (Å²) >= 11 is 1.79. The highest BCUT2D eigenvalue weighted by Gasteiger charge is 2.20. The molecule has 0 radical (unpaired) electrons. The van der Waals surface area contributed by atoms with Gasteiger partial charge in [0.05, 0.1) is 11.5 Å². The number of aliphatic imine (C=N–C) groups is 1. The van der Waals surface area contributed by atoms with Crippen LogP contribution in [0.25, 0.3) is 0 Å². The van der Waals surface area contributed by atoms with Crippen LogP contribution < -0.4 is 15.5 Å². The second-order valence-electron chi connectivity index (χ2n) is 6.14. The number of anilines is 1. The van der Waals surface area contributed by atoms with Gasteiger partial charge in [-0.05, 0) is 43.3 Å². The number of benzene rings is 1. The van der Waals surface area contributed by atoms with E-state index in [0.29, 0.717) is 18.2 Å². The molecule has 2 aromatic rings. The SMILES string of the molecule is CCNC(=NCc1ccccc1F)NC1CCN(c2cccs2)CC1.I. The Kier molecular flexibility index (Phi) is 8.64. The van der Waals surface area contributed by atoms with Crippen LogP contribution in [0.4, 0.5) is 9.39 Å². The molecule has 0 unspecified atom stereocenters. The molecule has 1 aliphatic rings. The molecule has 0 atom stereocenters. The van der Waals surface area contributed by atoms with Gasteiger partial charge >= 0.3 is 0 Å². The van der Waals surface area contributed by atoms with Gasteiger partial charge in [0.2, 0.25) is 0 Å². The molecule has 26 heavy (non-hydrogen) atoms. The predicted octanol–water partition coefficient (Wildman–Crippen LogP) is 4.23. The normalized spacial score (nSPS) is 15.5. The molecule has 1 aliphatic heterocycles. The zero-order chi connectivity index (χ0) is 17.5. The molecule has 0 saturated carbocycles. The summed E-state index contributed by atoms with van der Waals surface area (Å²) < 4.78 is 13.7. The zero-order valence-electron chi connectivity index (χ0n) is 15.0. The van der Waals surface area contributed by atoms with Crippen molar-refractivity contribution in [2.75, 3.05) is 24.5 Å². The molecule has 0 amide bonds. The maximum absolute atomic E-state index is 13.7. The van der Waals surface area contributed by atoms with Gasteiger partial charge in [-0.3, -0.25) is 0 Å². The van der Waals surface area contributed by atoms with Crippen LogP contribution in [0.1, 0.15) is 25.3 Å². The van der Waals surface area contributed by atoms with Crippen molar-refractivity contribution >= 4 is 46.3 Å². The summed E-state index contributed by atoms with van der Waals surface area (Å²) in [6, 6.07) is 11.5. The first-order valence-corrected chi connectivity index (χ1v) is 9.71. The molecular weight excluding hydrogens is 462 g/mol. The molecule has 7 heteroatoms. The highest BCUT2D eigenvalue weighted by molar-refractivity contribution is 14.0. The Balaban J connectivity index is 0.00000243. The van der Waals surface area contributed by atoms with Gasteiger partial charge in [-0.25, -0.2) is 9.38 Å². The number of halogens is 2. The van der Waals surface area contributed by atoms with E-state index in [-0.39, 0.29) is 29.8 Å². The Morgan fingerprint density at radius 3 is 2.65 bits per heavy atom. The van der Waals surface area contributed by atoms with Crippen molar-refractivity contribution in [2.45, 2.75) is 32.4 Å². The Morgan fingerprint density at radius 2 is 2.00 bits per heavy atom. The first kappa shape index (κ1) is 21.0. The summed E-state index contributed by atoms with van der Waals surface area (Å²) in [5.74, 6) is 0.562. The molecule has 1 aromatic heterocycles. The number of hydrogen-bond donors (Lipinski definition) is 2. The van der Waals surface area contributed by atoms with Gasteiger partial charge in [0.25, 0.3) is 0 Å². The van der Waals surface area contributed by atoms with Crippen molar-refractivity contribution in [3.63, 3.8) is 0 Å². The van der Waals surface area contributed by atoms with Gasteiger partial charge in [-0.2, -0.15) is 0 Å². The Bertz CT molecular complexity index is 685. The van der Waals surface area contributed by atoms with Crippen molar-refractivity contribution in [3.8, 4) is 0 Å². The van der Waals surface area contributed by atoms with E-state index >= 15 is 0 Å². The number of hydrogen-bond acceptors (Lipinski definition) is 3. The van der Waals surface area contributed by atoms with Crippen LogP contribution >= 0.6 is 35.3 Å². The molecule has 2 N–H and O–H groups in total. The molecule has 0 aliphatic carbocycles. The quantitative estimate of drug-likeness (QED) is 0.376. The molecule has 3 rings (SSSR count). The fourth-order valence-electron chi connectivity index (χ4n) is 3.00. The maximum atomic E-state index is 13.7. The lowest BCUT2D eigenvalue weighted by Crippen LogP contribution is -2.48. The summed E-state index contributed by atoms with van der Waals surface area (Å²) in [5.41, 5.74) is 0.618. The molecule has 142 valence electrons. The third-order valence-corrected chi connectivity index (χ3v) is 5.29. The smallest absolute Gasteiger partial charge is 0.191 e. The van der Waals surface area contributed by atoms with E-state index in [9.17, 15) is 4.39 Å². The number of rotatable bonds is 5. The summed E-state index contributed by atoms with van der Waals surface area (Å²) in [6.07, 6.45) is 2.14. The largest absolute Gasteiger partial charge is 0.363 e. The highest BCUT2D eigenvalue weighted by Crippen LogP contribution is 2.24. The van der Waals surface area contributed by atoms with E-state index in [1.807, 2.05) is 13.0 Å². The summed E-state index contributed by atoms with van der Waals surface area (Å²) in [7, 11) is 0. The second kappa shape index (κ2) is 10.7. The zero-order valence-corrected chi connectivity index (χ0v) is 18.1. The van der Waals surface area contributed by atoms with Gasteiger partial charge < -0.3 is 15.5 Å². The van der Waals surface area contributed by atoms with Crippen LogP contribution in [0, 0.1) is 5.82 Å². The second-order valence-corrected chi connectivity index (χ2v) is 7.07. The van der Waals surface area contributed by atoms with Crippen molar-refractivity contribution in [1.82, 2.24) is 10.6 Å². The van der Waals surface area contributed by atoms with Crippen molar-refractivity contribution in [2.24, 2.45) is 4.99 Å². The lowest BCUT2D eigenvalue weighted by atomic mass is 10.1. The van der Waals surface area contributed by atoms with Gasteiger partial charge in [0.15, 0.2) is 5.96 Å². The minimum atomic E-state index is -0.202. The molecule has 1 aromatic carbocycles. The first-order chi connectivity index (χ1) is 12.3. The monoisotopic (exact) mass is 488 g/mol. The molecule has 2 heterocycles. The third-order valence-electron chi connectivity index (χ3n) is 4.36. The molecule has 4 nitrogen and oxygen atoms in total. The van der Waals surface area contributed by atoms with Crippen molar-refractivity contribution in [1.29, 1.82) is 0 Å². The lowest BCUT2D eigenvalue weighted by molar-refractivity contribution is 0.462. The topological polar surface area (TPSA) is 39.7 Å². The van der Waals surface area contributed by atoms with Crippen molar-refractivity contribution in [3.05, 3.63) is 53.2 Å². The van der Waals surface area contributed by atoms with Crippen LogP contribution in [-0.4, -0.2) is 31.6 Å². The van der Waals surface area contributed by atoms with Crippen LogP contribution in [0.2, 0.25) is 0 Å². The van der Waals surface area contributed by atoms with Crippen LogP contribution in [0.3, 0.4) is 0 Å². The summed E-state index contributed by atoms with van der Waals surface area (Å²) in [4.78, 5) is 6.99. The molecule has 1 fully saturated rings. The average Bonchev–Trinajstić information content (AvgIpc) is 3.16. The first-order valence-electron chi connectivity index (χ1n) is 8.83. The Hall–Kier alpha value is -1.35. The molecular formula is C19H26FIN4S. The Labute approximate surface area is 175 Å². The van der Waals surface area contributed by atoms with Gasteiger partial charge in [-0.15, -0.1) is 35.3 Å². The number of nitrogens with zero attached hydrogens (tertiary/aromatic N) is 2. The fourth-order valence-corrected chi connectivity index (χ4v) is 3.78. The minimum Gasteiger partial charge on any atom is -0.363 e. The van der Waals surface area contributed by atoms with E-state index in [0.717, 1.165) is 38.4 Å². The number of nitrogens with one attached hydrogen (secondary N) is 2. The predicted molar refractivity (Wildman–Crippen MR) is 119 cm³/mol. The van der Waals surface area contributed by atoms with E-state index in [1.54, 1.807) is 23.5 Å².